The topological polar surface area (TPSA) is 62.2 Å². The number of aromatic nitrogens is 2. The molecule has 0 radical (unpaired) electrons. The lowest BCUT2D eigenvalue weighted by Gasteiger charge is -2.32. The van der Waals surface area contributed by atoms with Crippen molar-refractivity contribution in [2.24, 2.45) is 0 Å². The Labute approximate surface area is 239 Å². The molecule has 7 heteroatoms. The van der Waals surface area contributed by atoms with E-state index in [-0.39, 0.29) is 11.7 Å². The molecule has 6 nitrogen and oxygen atoms in total. The van der Waals surface area contributed by atoms with Crippen molar-refractivity contribution >= 4 is 23.1 Å². The first kappa shape index (κ1) is 26.3. The van der Waals surface area contributed by atoms with Gasteiger partial charge in [-0.25, -0.2) is 9.37 Å². The van der Waals surface area contributed by atoms with Crippen LogP contribution in [0.2, 0.25) is 0 Å². The number of rotatable bonds is 7. The minimum atomic E-state index is -0.540. The highest BCUT2D eigenvalue weighted by molar-refractivity contribution is 5.86. The van der Waals surface area contributed by atoms with Crippen LogP contribution < -0.4 is 10.6 Å². The van der Waals surface area contributed by atoms with Gasteiger partial charge in [-0.3, -0.25) is 4.79 Å². The minimum Gasteiger partial charge on any atom is -0.370 e. The van der Waals surface area contributed by atoms with Crippen molar-refractivity contribution in [3.05, 3.63) is 131 Å². The predicted molar refractivity (Wildman–Crippen MR) is 161 cm³/mol. The molecule has 0 bridgehead atoms. The van der Waals surface area contributed by atoms with Crippen molar-refractivity contribution < 1.29 is 9.18 Å². The van der Waals surface area contributed by atoms with Crippen molar-refractivity contribution in [3.8, 4) is 11.3 Å². The van der Waals surface area contributed by atoms with E-state index < -0.39 is 6.04 Å². The number of hydrogen-bond donors (Lipinski definition) is 2. The molecule has 0 saturated heterocycles. The van der Waals surface area contributed by atoms with Crippen molar-refractivity contribution in [1.82, 2.24) is 14.5 Å². The Morgan fingerprint density at radius 3 is 2.10 bits per heavy atom. The van der Waals surface area contributed by atoms with Gasteiger partial charge in [0.25, 0.3) is 0 Å². The molecule has 6 rings (SSSR count). The van der Waals surface area contributed by atoms with Gasteiger partial charge in [0, 0.05) is 30.0 Å². The van der Waals surface area contributed by atoms with Crippen LogP contribution in [0.3, 0.4) is 0 Å². The Kier molecular flexibility index (Phi) is 7.25. The number of fused-ring (bicyclic) bond motifs is 1. The molecule has 1 aromatic heterocycles. The second kappa shape index (κ2) is 11.3. The van der Waals surface area contributed by atoms with Gasteiger partial charge >= 0.3 is 0 Å². The third-order valence-electron chi connectivity index (χ3n) is 7.46. The van der Waals surface area contributed by atoms with E-state index in [1.165, 1.54) is 17.7 Å². The first-order chi connectivity index (χ1) is 19.9. The highest BCUT2D eigenvalue weighted by Gasteiger charge is 2.31. The predicted octanol–water partition coefficient (Wildman–Crippen LogP) is 7.25. The normalized spacial score (nSPS) is 13.4. The molecule has 5 aromatic rings. The molecule has 0 aliphatic carbocycles. The summed E-state index contributed by atoms with van der Waals surface area (Å²) in [5.74, 6) is 1.30. The number of amides is 1. The van der Waals surface area contributed by atoms with Crippen molar-refractivity contribution in [1.29, 1.82) is 0 Å². The molecule has 0 fully saturated rings. The Morgan fingerprint density at radius 1 is 0.805 bits per heavy atom. The summed E-state index contributed by atoms with van der Waals surface area (Å²) in [4.78, 5) is 20.9. The van der Waals surface area contributed by atoms with Gasteiger partial charge < -0.3 is 20.1 Å². The molecule has 1 aliphatic heterocycles. The Bertz CT molecular complexity index is 1650. The zero-order valence-electron chi connectivity index (χ0n) is 23.1. The van der Waals surface area contributed by atoms with E-state index in [1.807, 2.05) is 78.6 Å². The van der Waals surface area contributed by atoms with Gasteiger partial charge in [-0.1, -0.05) is 65.7 Å². The lowest BCUT2D eigenvalue weighted by molar-refractivity contribution is -0.133. The minimum absolute atomic E-state index is 0.0117. The molecular formula is C34H32FN5O. The Hall–Kier alpha value is -4.91. The number of carbonyl (C=O) groups excluding carboxylic acids is 1. The Morgan fingerprint density at radius 2 is 1.44 bits per heavy atom. The summed E-state index contributed by atoms with van der Waals surface area (Å²) < 4.78 is 15.9. The first-order valence-corrected chi connectivity index (χ1v) is 13.8. The number of nitrogens with one attached hydrogen (secondary N) is 2. The van der Waals surface area contributed by atoms with Crippen LogP contribution in [0.1, 0.15) is 28.6 Å². The number of nitrogens with zero attached hydrogens (tertiary/aromatic N) is 3. The fourth-order valence-electron chi connectivity index (χ4n) is 5.16. The van der Waals surface area contributed by atoms with Gasteiger partial charge in [0.1, 0.15) is 29.2 Å². The van der Waals surface area contributed by atoms with Gasteiger partial charge in [-0.15, -0.1) is 0 Å². The standard InChI is InChI=1S/C34H32FN5O/c1-23-8-16-28(17-9-23)36-32(25-6-4-3-5-7-25)34(41)39-20-21-40-30(22-39)38-31(26-12-14-27(35)15-13-26)33(40)37-29-18-10-24(2)11-19-29/h3-19,32,36-37H,20-22H2,1-2H3. The molecule has 1 aliphatic rings. The van der Waals surface area contributed by atoms with E-state index in [0.717, 1.165) is 45.4 Å². The molecule has 1 atom stereocenters. The molecule has 206 valence electrons. The fourth-order valence-corrected chi connectivity index (χ4v) is 5.16. The molecule has 1 unspecified atom stereocenters. The van der Waals surface area contributed by atoms with Gasteiger partial charge in [0.2, 0.25) is 5.91 Å². The van der Waals surface area contributed by atoms with Gasteiger partial charge in [-0.2, -0.15) is 0 Å². The smallest absolute Gasteiger partial charge is 0.250 e. The molecule has 2 N–H and O–H groups in total. The number of benzene rings is 4. The van der Waals surface area contributed by atoms with Crippen LogP contribution >= 0.6 is 0 Å². The highest BCUT2D eigenvalue weighted by atomic mass is 19.1. The van der Waals surface area contributed by atoms with Gasteiger partial charge in [0.05, 0.1) is 6.54 Å². The van der Waals surface area contributed by atoms with Crippen molar-refractivity contribution in [2.45, 2.75) is 33.0 Å². The second-order valence-electron chi connectivity index (χ2n) is 10.5. The van der Waals surface area contributed by atoms with Crippen LogP contribution in [0.15, 0.2) is 103 Å². The van der Waals surface area contributed by atoms with Crippen LogP contribution in [0.25, 0.3) is 11.3 Å². The molecule has 0 saturated carbocycles. The summed E-state index contributed by atoms with van der Waals surface area (Å²) in [5, 5.41) is 7.00. The summed E-state index contributed by atoms with van der Waals surface area (Å²) in [5.41, 5.74) is 6.60. The maximum Gasteiger partial charge on any atom is 0.250 e. The van der Waals surface area contributed by atoms with E-state index in [4.69, 9.17) is 4.98 Å². The van der Waals surface area contributed by atoms with Crippen LogP contribution in [0.4, 0.5) is 21.6 Å². The average Bonchev–Trinajstić information content (AvgIpc) is 3.35. The van der Waals surface area contributed by atoms with Crippen LogP contribution in [-0.4, -0.2) is 26.9 Å². The Balaban J connectivity index is 1.32. The summed E-state index contributed by atoms with van der Waals surface area (Å²) in [6.45, 7) is 5.57. The largest absolute Gasteiger partial charge is 0.370 e. The maximum atomic E-state index is 14.1. The number of imidazole rings is 1. The van der Waals surface area contributed by atoms with Crippen molar-refractivity contribution in [3.63, 3.8) is 0 Å². The molecule has 4 aromatic carbocycles. The van der Waals surface area contributed by atoms with Gasteiger partial charge in [-0.05, 0) is 67.9 Å². The monoisotopic (exact) mass is 545 g/mol. The molecule has 2 heterocycles. The number of hydrogen-bond acceptors (Lipinski definition) is 4. The number of aryl methyl sites for hydroxylation is 2. The quantitative estimate of drug-likeness (QED) is 0.226. The SMILES string of the molecule is Cc1ccc(Nc2c(-c3ccc(F)cc3)nc3n2CCN(C(=O)C(Nc2ccc(C)cc2)c2ccccc2)C3)cc1. The van der Waals surface area contributed by atoms with Gasteiger partial charge in [0.15, 0.2) is 0 Å². The molecular weight excluding hydrogens is 513 g/mol. The average molecular weight is 546 g/mol. The number of carbonyl (C=O) groups is 1. The summed E-state index contributed by atoms with van der Waals surface area (Å²) in [6, 6.07) is 31.9. The molecule has 1 amide bonds. The summed E-state index contributed by atoms with van der Waals surface area (Å²) >= 11 is 0. The lowest BCUT2D eigenvalue weighted by atomic mass is 10.0. The van der Waals surface area contributed by atoms with E-state index in [9.17, 15) is 9.18 Å². The zero-order chi connectivity index (χ0) is 28.3. The summed E-state index contributed by atoms with van der Waals surface area (Å²) in [6.07, 6.45) is 0. The van der Waals surface area contributed by atoms with Crippen LogP contribution in [0, 0.1) is 19.7 Å². The fraction of sp³-hybridized carbons (Fsp3) is 0.176. The van der Waals surface area contributed by atoms with E-state index in [0.29, 0.717) is 19.6 Å². The lowest BCUT2D eigenvalue weighted by Crippen LogP contribution is -2.42. The van der Waals surface area contributed by atoms with E-state index in [2.05, 4.69) is 34.3 Å². The number of halogens is 1. The van der Waals surface area contributed by atoms with E-state index >= 15 is 0 Å². The highest BCUT2D eigenvalue weighted by Crippen LogP contribution is 2.34. The third kappa shape index (κ3) is 5.70. The van der Waals surface area contributed by atoms with E-state index in [1.54, 1.807) is 12.1 Å². The maximum absolute atomic E-state index is 14.1. The van der Waals surface area contributed by atoms with Crippen molar-refractivity contribution in [2.75, 3.05) is 17.2 Å². The van der Waals surface area contributed by atoms with Crippen LogP contribution in [0.5, 0.6) is 0 Å². The summed E-state index contributed by atoms with van der Waals surface area (Å²) in [7, 11) is 0. The second-order valence-corrected chi connectivity index (χ2v) is 10.5. The molecule has 0 spiro atoms. The number of anilines is 3. The third-order valence-corrected chi connectivity index (χ3v) is 7.46. The molecule has 41 heavy (non-hydrogen) atoms. The first-order valence-electron chi connectivity index (χ1n) is 13.8. The van der Waals surface area contributed by atoms with Crippen LogP contribution in [-0.2, 0) is 17.9 Å². The zero-order valence-corrected chi connectivity index (χ0v) is 23.1.